The topological polar surface area (TPSA) is 69.6 Å². The molecule has 7 nitrogen and oxygen atoms in total. The van der Waals surface area contributed by atoms with Crippen LogP contribution in [0.25, 0.3) is 99.2 Å². The summed E-state index contributed by atoms with van der Waals surface area (Å²) in [6.45, 7) is 8.86. The second-order valence-electron chi connectivity index (χ2n) is 15.5. The Balaban J connectivity index is 0.00000408. The number of aryl methyl sites for hydroxylation is 4. The molecule has 0 unspecified atom stereocenters. The molecule has 0 spiro atoms. The molecule has 5 heterocycles. The summed E-state index contributed by atoms with van der Waals surface area (Å²) in [7, 11) is 0. The summed E-state index contributed by atoms with van der Waals surface area (Å²) in [5, 5.41) is 4.75. The van der Waals surface area contributed by atoms with E-state index in [9.17, 15) is 0 Å². The van der Waals surface area contributed by atoms with E-state index in [4.69, 9.17) is 24.7 Å². The van der Waals surface area contributed by atoms with Gasteiger partial charge in [0.05, 0.1) is 38.9 Å². The average molecular weight is 865 g/mol. The van der Waals surface area contributed by atoms with Crippen LogP contribution in [0, 0.1) is 39.8 Å². The Bertz CT molecular complexity index is 3730. The van der Waals surface area contributed by atoms with E-state index in [2.05, 4.69) is 134 Å². The van der Waals surface area contributed by atoms with Gasteiger partial charge in [-0.2, -0.15) is 0 Å². The Labute approximate surface area is 358 Å². The van der Waals surface area contributed by atoms with E-state index >= 15 is 0 Å². The monoisotopic (exact) mass is 864 g/mol. The molecule has 0 amide bonds. The molecule has 0 radical (unpaired) electrons. The number of benzene rings is 7. The van der Waals surface area contributed by atoms with Crippen LogP contribution in [0.15, 0.2) is 134 Å². The SMILES string of the molecule is Cc1cccc(C)c1-c1ccc2c3ccc(Oc4[c-]c5c(cc4)c4nccnc4n4c6ccccc6nc54)[c-]c3c3nc4ccccc4n3c2c1-c1c(C)cccc1C.[Pd+2]. The maximum atomic E-state index is 6.67. The summed E-state index contributed by atoms with van der Waals surface area (Å²) in [4.78, 5) is 19.8. The molecule has 12 rings (SSSR count). The van der Waals surface area contributed by atoms with Gasteiger partial charge in [0.2, 0.25) is 0 Å². The Morgan fingerprint density at radius 1 is 0.467 bits per heavy atom. The maximum absolute atomic E-state index is 6.67. The minimum Gasteiger partial charge on any atom is -0.497 e. The summed E-state index contributed by atoms with van der Waals surface area (Å²) in [6, 6.07) is 49.6. The fraction of sp³-hybridized carbons (Fsp3) is 0.0769. The minimum absolute atomic E-state index is 0. The van der Waals surface area contributed by atoms with Gasteiger partial charge in [-0.05, 0) is 96.3 Å². The second kappa shape index (κ2) is 13.5. The third-order valence-corrected chi connectivity index (χ3v) is 11.9. The largest absolute Gasteiger partial charge is 2.00 e. The Hall–Kier alpha value is -6.98. The van der Waals surface area contributed by atoms with Gasteiger partial charge in [0, 0.05) is 35.0 Å². The Kier molecular flexibility index (Phi) is 8.15. The van der Waals surface area contributed by atoms with E-state index in [0.29, 0.717) is 11.5 Å². The number of ether oxygens (including phenoxy) is 1. The van der Waals surface area contributed by atoms with Crippen LogP contribution < -0.4 is 4.74 Å². The molecule has 288 valence electrons. The van der Waals surface area contributed by atoms with E-state index in [1.807, 2.05) is 36.4 Å². The number of rotatable bonds is 4. The number of pyridine rings is 2. The second-order valence-corrected chi connectivity index (χ2v) is 15.5. The molecular weight excluding hydrogens is 831 g/mol. The van der Waals surface area contributed by atoms with E-state index in [1.54, 1.807) is 12.4 Å². The van der Waals surface area contributed by atoms with Crippen molar-refractivity contribution in [3.8, 4) is 33.8 Å². The molecule has 0 aliphatic heterocycles. The molecule has 0 fully saturated rings. The zero-order valence-electron chi connectivity index (χ0n) is 33.1. The summed E-state index contributed by atoms with van der Waals surface area (Å²) in [5.74, 6) is 1.11. The first-order chi connectivity index (χ1) is 28.9. The van der Waals surface area contributed by atoms with Crippen molar-refractivity contribution in [1.82, 2.24) is 28.7 Å². The normalized spacial score (nSPS) is 11.9. The molecular formula is C52H34N6OPd. The number of fused-ring (bicyclic) bond motifs is 16. The third-order valence-electron chi connectivity index (χ3n) is 11.9. The molecule has 0 atom stereocenters. The third kappa shape index (κ3) is 5.18. The van der Waals surface area contributed by atoms with Crippen LogP contribution >= 0.6 is 0 Å². The summed E-state index contributed by atoms with van der Waals surface area (Å²) in [5.41, 5.74) is 17.9. The fourth-order valence-electron chi connectivity index (χ4n) is 9.42. The molecule has 0 saturated heterocycles. The molecule has 0 N–H and O–H groups in total. The van der Waals surface area contributed by atoms with Gasteiger partial charge in [0.15, 0.2) is 0 Å². The van der Waals surface area contributed by atoms with Crippen molar-refractivity contribution in [3.05, 3.63) is 168 Å². The molecule has 7 aromatic carbocycles. The molecule has 0 bridgehead atoms. The van der Waals surface area contributed by atoms with Crippen molar-refractivity contribution in [2.24, 2.45) is 0 Å². The number of para-hydroxylation sites is 4. The van der Waals surface area contributed by atoms with Crippen LogP contribution in [0.1, 0.15) is 22.3 Å². The van der Waals surface area contributed by atoms with Gasteiger partial charge >= 0.3 is 20.4 Å². The average Bonchev–Trinajstić information content (AvgIpc) is 3.84. The van der Waals surface area contributed by atoms with Crippen molar-refractivity contribution in [3.63, 3.8) is 0 Å². The van der Waals surface area contributed by atoms with Crippen LogP contribution in [0.2, 0.25) is 0 Å². The van der Waals surface area contributed by atoms with Gasteiger partial charge in [-0.25, -0.2) is 4.98 Å². The molecule has 60 heavy (non-hydrogen) atoms. The van der Waals surface area contributed by atoms with E-state index in [0.717, 1.165) is 77.0 Å². The molecule has 0 aliphatic rings. The first-order valence-electron chi connectivity index (χ1n) is 19.8. The quantitative estimate of drug-likeness (QED) is 0.100. The van der Waals surface area contributed by atoms with Crippen LogP contribution in [0.4, 0.5) is 0 Å². The minimum atomic E-state index is 0. The number of hydrogen-bond donors (Lipinski definition) is 0. The molecule has 8 heteroatoms. The van der Waals surface area contributed by atoms with Crippen molar-refractivity contribution in [2.45, 2.75) is 27.7 Å². The molecule has 0 aliphatic carbocycles. The number of aromatic nitrogens is 6. The zero-order chi connectivity index (χ0) is 39.5. The summed E-state index contributed by atoms with van der Waals surface area (Å²) in [6.07, 6.45) is 3.44. The Morgan fingerprint density at radius 2 is 1.00 bits per heavy atom. The standard InChI is InChI=1S/C52H34N6O.Pd/c1-29-11-9-12-30(2)45(29)38-24-23-37-35-21-19-33(27-39(35)50-55-41-15-5-7-17-43(41)57(50)49(37)47(38)46-31(3)13-10-14-32(46)4)59-34-20-22-36-40(28-34)51-56-42-16-6-8-18-44(42)58(51)52-48(36)53-25-26-54-52;/h5-26H,1-4H3;/q-2;+2. The van der Waals surface area contributed by atoms with Crippen molar-refractivity contribution >= 4 is 77.0 Å². The number of hydrogen-bond acceptors (Lipinski definition) is 5. The van der Waals surface area contributed by atoms with Crippen LogP contribution in [-0.4, -0.2) is 28.7 Å². The fourth-order valence-corrected chi connectivity index (χ4v) is 9.42. The van der Waals surface area contributed by atoms with Gasteiger partial charge in [-0.3, -0.25) is 15.0 Å². The van der Waals surface area contributed by atoms with Gasteiger partial charge in [0.25, 0.3) is 0 Å². The van der Waals surface area contributed by atoms with Gasteiger partial charge in [-0.1, -0.05) is 119 Å². The summed E-state index contributed by atoms with van der Waals surface area (Å²) >= 11 is 0. The van der Waals surface area contributed by atoms with E-state index < -0.39 is 0 Å². The number of imidazole rings is 2. The van der Waals surface area contributed by atoms with Crippen molar-refractivity contribution in [1.29, 1.82) is 0 Å². The van der Waals surface area contributed by atoms with Crippen molar-refractivity contribution < 1.29 is 25.2 Å². The van der Waals surface area contributed by atoms with E-state index in [1.165, 1.54) is 44.5 Å². The zero-order valence-corrected chi connectivity index (χ0v) is 34.7. The van der Waals surface area contributed by atoms with Crippen LogP contribution in [0.5, 0.6) is 11.5 Å². The first kappa shape index (κ1) is 36.1. The Morgan fingerprint density at radius 3 is 1.67 bits per heavy atom. The van der Waals surface area contributed by atoms with Gasteiger partial charge in [0.1, 0.15) is 5.65 Å². The van der Waals surface area contributed by atoms with Crippen molar-refractivity contribution in [2.75, 3.05) is 0 Å². The molecule has 0 saturated carbocycles. The predicted octanol–water partition coefficient (Wildman–Crippen LogP) is 12.6. The van der Waals surface area contributed by atoms with Crippen LogP contribution in [0.3, 0.4) is 0 Å². The smallest absolute Gasteiger partial charge is 0.497 e. The van der Waals surface area contributed by atoms with E-state index in [-0.39, 0.29) is 20.4 Å². The number of nitrogens with zero attached hydrogens (tertiary/aromatic N) is 6. The predicted molar refractivity (Wildman–Crippen MR) is 239 cm³/mol. The van der Waals surface area contributed by atoms with Crippen LogP contribution in [-0.2, 0) is 20.4 Å². The first-order valence-corrected chi connectivity index (χ1v) is 19.8. The van der Waals surface area contributed by atoms with Gasteiger partial charge < -0.3 is 13.5 Å². The summed E-state index contributed by atoms with van der Waals surface area (Å²) < 4.78 is 11.1. The molecule has 5 aromatic heterocycles. The van der Waals surface area contributed by atoms with Gasteiger partial charge in [-0.15, -0.1) is 12.1 Å². The maximum Gasteiger partial charge on any atom is 2.00 e. The molecule has 12 aromatic rings.